The van der Waals surface area contributed by atoms with Crippen molar-refractivity contribution in [2.75, 3.05) is 0 Å². The number of hydrogen-bond donors (Lipinski definition) is 1. The summed E-state index contributed by atoms with van der Waals surface area (Å²) >= 11 is 0. The molecule has 0 bridgehead atoms. The fourth-order valence-corrected chi connectivity index (χ4v) is 0.247. The van der Waals surface area contributed by atoms with Crippen molar-refractivity contribution in [1.29, 1.82) is 0 Å². The molecular formula is C5H10MgO2. The average molecular weight is 126 g/mol. The number of hydrogen-bond acceptors (Lipinski definition) is 1. The molecule has 0 unspecified atom stereocenters. The van der Waals surface area contributed by atoms with Gasteiger partial charge in [0.15, 0.2) is 0 Å². The first-order valence-corrected chi connectivity index (χ1v) is 2.01. The normalized spacial score (nSPS) is 6.75. The average Bonchev–Trinajstić information content (AvgIpc) is 1.27. The number of aliphatic carboxylic acids is 1. The van der Waals surface area contributed by atoms with Crippen molar-refractivity contribution in [3.63, 3.8) is 0 Å². The van der Waals surface area contributed by atoms with Crippen LogP contribution in [0.5, 0.6) is 0 Å². The van der Waals surface area contributed by atoms with Gasteiger partial charge in [0.1, 0.15) is 0 Å². The summed E-state index contributed by atoms with van der Waals surface area (Å²) in [5, 5.41) is 8.01. The van der Waals surface area contributed by atoms with E-state index in [1.807, 2.05) is 0 Å². The van der Waals surface area contributed by atoms with E-state index in [2.05, 4.69) is 0 Å². The summed E-state index contributed by atoms with van der Waals surface area (Å²) in [6.45, 7) is 3.49. The Balaban J connectivity index is -0.0000000600. The Morgan fingerprint density at radius 2 is 2.00 bits per heavy atom. The van der Waals surface area contributed by atoms with E-state index in [1.165, 1.54) is 6.08 Å². The Bertz CT molecular complexity index is 110. The molecule has 0 aromatic rings. The van der Waals surface area contributed by atoms with Gasteiger partial charge in [0.2, 0.25) is 0 Å². The molecule has 3 heteroatoms. The van der Waals surface area contributed by atoms with Crippen LogP contribution in [-0.2, 0) is 4.79 Å². The van der Waals surface area contributed by atoms with E-state index < -0.39 is 5.97 Å². The molecule has 0 aliphatic carbocycles. The van der Waals surface area contributed by atoms with Crippen molar-refractivity contribution in [1.82, 2.24) is 0 Å². The predicted octanol–water partition coefficient (Wildman–Crippen LogP) is 0.881. The van der Waals surface area contributed by atoms with Crippen LogP contribution >= 0.6 is 0 Å². The first-order chi connectivity index (χ1) is 3.13. The maximum atomic E-state index is 9.73. The standard InChI is InChI=1S/C5H8O2.Mg.2H/c1-4(2)3-5(6)7;;;/h3H,1-2H3,(H,6,7);;;/q;+2;2*-1. The van der Waals surface area contributed by atoms with Crippen LogP contribution in [0, 0.1) is 0 Å². The number of carboxylic acid groups (broad SMARTS) is 1. The van der Waals surface area contributed by atoms with Gasteiger partial charge in [0.05, 0.1) is 0 Å². The Hall–Kier alpha value is -0.0238. The van der Waals surface area contributed by atoms with Crippen LogP contribution in [0.2, 0.25) is 0 Å². The Morgan fingerprint density at radius 1 is 1.62 bits per heavy atom. The monoisotopic (exact) mass is 126 g/mol. The fourth-order valence-electron chi connectivity index (χ4n) is 0.247. The molecule has 0 saturated heterocycles. The topological polar surface area (TPSA) is 37.3 Å². The van der Waals surface area contributed by atoms with E-state index >= 15 is 0 Å². The summed E-state index contributed by atoms with van der Waals surface area (Å²) < 4.78 is 0. The number of carboxylic acids is 1. The van der Waals surface area contributed by atoms with E-state index in [-0.39, 0.29) is 25.9 Å². The molecule has 8 heavy (non-hydrogen) atoms. The quantitative estimate of drug-likeness (QED) is 0.418. The predicted molar refractivity (Wildman–Crippen MR) is 35.0 cm³/mol. The summed E-state index contributed by atoms with van der Waals surface area (Å²) in [4.78, 5) is 9.73. The Labute approximate surface area is 67.7 Å². The summed E-state index contributed by atoms with van der Waals surface area (Å²) in [5.41, 5.74) is 0.813. The van der Waals surface area contributed by atoms with Crippen LogP contribution in [0.15, 0.2) is 11.6 Å². The molecule has 0 aromatic carbocycles. The van der Waals surface area contributed by atoms with Crippen molar-refractivity contribution in [3.05, 3.63) is 11.6 Å². The van der Waals surface area contributed by atoms with Crippen LogP contribution in [0.4, 0.5) is 0 Å². The van der Waals surface area contributed by atoms with E-state index in [0.717, 1.165) is 5.57 Å². The van der Waals surface area contributed by atoms with Gasteiger partial charge in [-0.3, -0.25) is 0 Å². The van der Waals surface area contributed by atoms with Gasteiger partial charge in [0, 0.05) is 6.08 Å². The van der Waals surface area contributed by atoms with Gasteiger partial charge in [-0.15, -0.1) is 0 Å². The van der Waals surface area contributed by atoms with Gasteiger partial charge in [-0.1, -0.05) is 5.57 Å². The van der Waals surface area contributed by atoms with Gasteiger partial charge in [-0.2, -0.15) is 0 Å². The molecule has 0 aromatic heterocycles. The number of carbonyl (C=O) groups is 1. The SMILES string of the molecule is CC(C)=CC(=O)O.[H-].[H-].[Mg+2]. The molecule has 0 aliphatic heterocycles. The van der Waals surface area contributed by atoms with Crippen LogP contribution < -0.4 is 0 Å². The minimum atomic E-state index is -0.875. The summed E-state index contributed by atoms with van der Waals surface area (Å²) in [6, 6.07) is 0. The van der Waals surface area contributed by atoms with E-state index in [0.29, 0.717) is 0 Å². The van der Waals surface area contributed by atoms with E-state index in [1.54, 1.807) is 13.8 Å². The van der Waals surface area contributed by atoms with Crippen molar-refractivity contribution in [2.45, 2.75) is 13.8 Å². The molecule has 0 spiro atoms. The zero-order chi connectivity index (χ0) is 5.86. The minimum absolute atomic E-state index is 0. The van der Waals surface area contributed by atoms with Gasteiger partial charge < -0.3 is 7.96 Å². The molecular weight excluding hydrogens is 116 g/mol. The second-order valence-electron chi connectivity index (χ2n) is 1.56. The molecule has 0 atom stereocenters. The van der Waals surface area contributed by atoms with E-state index in [4.69, 9.17) is 5.11 Å². The summed E-state index contributed by atoms with van der Waals surface area (Å²) in [5.74, 6) is -0.875. The van der Waals surface area contributed by atoms with Gasteiger partial charge in [-0.25, -0.2) is 4.79 Å². The van der Waals surface area contributed by atoms with Crippen LogP contribution in [0.3, 0.4) is 0 Å². The molecule has 0 rings (SSSR count). The van der Waals surface area contributed by atoms with Crippen molar-refractivity contribution in [3.8, 4) is 0 Å². The van der Waals surface area contributed by atoms with Gasteiger partial charge >= 0.3 is 29.0 Å². The smallest absolute Gasteiger partial charge is 1.00 e. The molecule has 0 fully saturated rings. The van der Waals surface area contributed by atoms with Crippen LogP contribution in [0.1, 0.15) is 16.7 Å². The zero-order valence-electron chi connectivity index (χ0n) is 7.14. The minimum Gasteiger partial charge on any atom is -1.00 e. The van der Waals surface area contributed by atoms with Gasteiger partial charge in [0.25, 0.3) is 0 Å². The first kappa shape index (κ1) is 10.9. The van der Waals surface area contributed by atoms with E-state index in [9.17, 15) is 4.79 Å². The maximum Gasteiger partial charge on any atom is 2.00 e. The molecule has 1 N–H and O–H groups in total. The second kappa shape index (κ2) is 5.12. The largest absolute Gasteiger partial charge is 2.00 e. The fraction of sp³-hybridized carbons (Fsp3) is 0.400. The van der Waals surface area contributed by atoms with Gasteiger partial charge in [-0.05, 0) is 13.8 Å². The maximum absolute atomic E-state index is 9.73. The van der Waals surface area contributed by atoms with Crippen molar-refractivity contribution in [2.24, 2.45) is 0 Å². The molecule has 0 saturated carbocycles. The van der Waals surface area contributed by atoms with Crippen LogP contribution in [-0.4, -0.2) is 34.1 Å². The molecule has 0 radical (unpaired) electrons. The van der Waals surface area contributed by atoms with Crippen molar-refractivity contribution >= 4 is 29.0 Å². The molecule has 0 heterocycles. The third-order valence-corrected chi connectivity index (χ3v) is 0.412. The first-order valence-electron chi connectivity index (χ1n) is 2.01. The van der Waals surface area contributed by atoms with Crippen LogP contribution in [0.25, 0.3) is 0 Å². The second-order valence-corrected chi connectivity index (χ2v) is 1.56. The third-order valence-electron chi connectivity index (χ3n) is 0.412. The Kier molecular flexibility index (Phi) is 6.96. The molecule has 0 amide bonds. The Morgan fingerprint density at radius 3 is 2.00 bits per heavy atom. The van der Waals surface area contributed by atoms with Crippen molar-refractivity contribution < 1.29 is 12.8 Å². The molecule has 0 aliphatic rings. The summed E-state index contributed by atoms with van der Waals surface area (Å²) in [7, 11) is 0. The number of rotatable bonds is 1. The molecule has 2 nitrogen and oxygen atoms in total. The molecule has 44 valence electrons. The number of allylic oxidation sites excluding steroid dienone is 1. The third kappa shape index (κ3) is 9.36. The zero-order valence-corrected chi connectivity index (χ0v) is 6.55. The summed E-state index contributed by atoms with van der Waals surface area (Å²) in [6.07, 6.45) is 1.17.